The van der Waals surface area contributed by atoms with Crippen LogP contribution in [0, 0.1) is 6.92 Å². The van der Waals surface area contributed by atoms with Gasteiger partial charge in [0.2, 0.25) is 0 Å². The standard InChI is InChI=1S/C15H24N2/c1-11(2)17(4)15-8-5-12(3)9-13(15)10-16-14-6-7-14/h5,8-9,11,14,16H,6-7,10H2,1-4H3. The van der Waals surface area contributed by atoms with E-state index < -0.39 is 0 Å². The number of hydrogen-bond acceptors (Lipinski definition) is 2. The minimum Gasteiger partial charge on any atom is -0.372 e. The van der Waals surface area contributed by atoms with E-state index in [0.717, 1.165) is 12.6 Å². The topological polar surface area (TPSA) is 15.3 Å². The van der Waals surface area contributed by atoms with E-state index in [4.69, 9.17) is 0 Å². The van der Waals surface area contributed by atoms with Crippen molar-refractivity contribution in [2.45, 2.75) is 52.2 Å². The molecule has 0 spiro atoms. The van der Waals surface area contributed by atoms with E-state index in [0.29, 0.717) is 6.04 Å². The second-order valence-corrected chi connectivity index (χ2v) is 5.49. The Morgan fingerprint density at radius 3 is 2.65 bits per heavy atom. The summed E-state index contributed by atoms with van der Waals surface area (Å²) in [7, 11) is 2.18. The van der Waals surface area contributed by atoms with Crippen molar-refractivity contribution in [2.75, 3.05) is 11.9 Å². The Morgan fingerprint density at radius 2 is 2.06 bits per heavy atom. The lowest BCUT2D eigenvalue weighted by Crippen LogP contribution is -2.28. The number of rotatable bonds is 5. The Balaban J connectivity index is 2.16. The first kappa shape index (κ1) is 12.4. The molecule has 0 atom stereocenters. The van der Waals surface area contributed by atoms with Gasteiger partial charge < -0.3 is 10.2 Å². The second-order valence-electron chi connectivity index (χ2n) is 5.49. The molecule has 2 rings (SSSR count). The molecule has 1 N–H and O–H groups in total. The number of nitrogens with one attached hydrogen (secondary N) is 1. The average Bonchev–Trinajstić information content (AvgIpc) is 3.09. The summed E-state index contributed by atoms with van der Waals surface area (Å²) in [6.07, 6.45) is 2.70. The average molecular weight is 232 g/mol. The van der Waals surface area contributed by atoms with Gasteiger partial charge in [0, 0.05) is 31.4 Å². The zero-order valence-corrected chi connectivity index (χ0v) is 11.5. The van der Waals surface area contributed by atoms with Gasteiger partial charge in [0.15, 0.2) is 0 Å². The van der Waals surface area contributed by atoms with Gasteiger partial charge in [-0.15, -0.1) is 0 Å². The third kappa shape index (κ3) is 3.22. The summed E-state index contributed by atoms with van der Waals surface area (Å²) in [5, 5.41) is 3.61. The molecule has 0 radical (unpaired) electrons. The van der Waals surface area contributed by atoms with Crippen LogP contribution in [0.4, 0.5) is 5.69 Å². The van der Waals surface area contributed by atoms with Crippen LogP contribution in [0.25, 0.3) is 0 Å². The van der Waals surface area contributed by atoms with E-state index >= 15 is 0 Å². The van der Waals surface area contributed by atoms with Gasteiger partial charge in [-0.1, -0.05) is 17.7 Å². The lowest BCUT2D eigenvalue weighted by Gasteiger charge is -2.27. The summed E-state index contributed by atoms with van der Waals surface area (Å²) in [6.45, 7) is 7.63. The van der Waals surface area contributed by atoms with E-state index in [1.54, 1.807) is 0 Å². The fraction of sp³-hybridized carbons (Fsp3) is 0.600. The molecule has 0 bridgehead atoms. The normalized spacial score (nSPS) is 15.4. The maximum Gasteiger partial charge on any atom is 0.0411 e. The van der Waals surface area contributed by atoms with Crippen LogP contribution < -0.4 is 10.2 Å². The van der Waals surface area contributed by atoms with Crippen LogP contribution in [0.5, 0.6) is 0 Å². The van der Waals surface area contributed by atoms with Crippen LogP contribution >= 0.6 is 0 Å². The second kappa shape index (κ2) is 5.09. The molecular formula is C15H24N2. The number of nitrogens with zero attached hydrogens (tertiary/aromatic N) is 1. The third-order valence-electron chi connectivity index (χ3n) is 3.55. The van der Waals surface area contributed by atoms with Gasteiger partial charge in [-0.3, -0.25) is 0 Å². The van der Waals surface area contributed by atoms with Crippen molar-refractivity contribution < 1.29 is 0 Å². The Bertz CT molecular complexity index is 381. The molecule has 0 amide bonds. The number of hydrogen-bond donors (Lipinski definition) is 1. The van der Waals surface area contributed by atoms with Gasteiger partial charge in [-0.05, 0) is 45.2 Å². The molecule has 94 valence electrons. The summed E-state index contributed by atoms with van der Waals surface area (Å²) in [6, 6.07) is 8.07. The van der Waals surface area contributed by atoms with Crippen LogP contribution in [-0.4, -0.2) is 19.1 Å². The van der Waals surface area contributed by atoms with Crippen molar-refractivity contribution in [2.24, 2.45) is 0 Å². The Kier molecular flexibility index (Phi) is 3.72. The van der Waals surface area contributed by atoms with E-state index in [9.17, 15) is 0 Å². The zero-order valence-electron chi connectivity index (χ0n) is 11.5. The third-order valence-corrected chi connectivity index (χ3v) is 3.55. The first-order valence-electron chi connectivity index (χ1n) is 6.63. The highest BCUT2D eigenvalue weighted by Crippen LogP contribution is 2.25. The maximum atomic E-state index is 3.61. The minimum atomic E-state index is 0.539. The van der Waals surface area contributed by atoms with Crippen LogP contribution in [0.1, 0.15) is 37.8 Å². The lowest BCUT2D eigenvalue weighted by atomic mass is 10.1. The molecular weight excluding hydrogens is 208 g/mol. The fourth-order valence-corrected chi connectivity index (χ4v) is 2.02. The Morgan fingerprint density at radius 1 is 1.35 bits per heavy atom. The predicted octanol–water partition coefficient (Wildman–Crippen LogP) is 3.09. The van der Waals surface area contributed by atoms with Crippen LogP contribution in [0.3, 0.4) is 0 Å². The van der Waals surface area contributed by atoms with E-state index in [1.165, 1.54) is 29.7 Å². The van der Waals surface area contributed by atoms with Crippen LogP contribution in [0.2, 0.25) is 0 Å². The van der Waals surface area contributed by atoms with Gasteiger partial charge in [0.05, 0.1) is 0 Å². The Hall–Kier alpha value is -1.02. The first-order valence-corrected chi connectivity index (χ1v) is 6.63. The lowest BCUT2D eigenvalue weighted by molar-refractivity contribution is 0.679. The molecule has 1 aliphatic rings. The molecule has 1 saturated carbocycles. The van der Waals surface area contributed by atoms with Gasteiger partial charge in [-0.25, -0.2) is 0 Å². The molecule has 1 fully saturated rings. The van der Waals surface area contributed by atoms with Crippen molar-refractivity contribution in [3.05, 3.63) is 29.3 Å². The van der Waals surface area contributed by atoms with Crippen LogP contribution in [-0.2, 0) is 6.54 Å². The highest BCUT2D eigenvalue weighted by atomic mass is 15.1. The van der Waals surface area contributed by atoms with Crippen molar-refractivity contribution in [3.8, 4) is 0 Å². The monoisotopic (exact) mass is 232 g/mol. The molecule has 0 saturated heterocycles. The molecule has 0 unspecified atom stereocenters. The quantitative estimate of drug-likeness (QED) is 0.839. The van der Waals surface area contributed by atoms with Crippen LogP contribution in [0.15, 0.2) is 18.2 Å². The summed E-state index contributed by atoms with van der Waals surface area (Å²) in [5.74, 6) is 0. The van der Waals surface area contributed by atoms with E-state index in [-0.39, 0.29) is 0 Å². The van der Waals surface area contributed by atoms with Crippen molar-refractivity contribution in [1.29, 1.82) is 0 Å². The maximum absolute atomic E-state index is 3.61. The molecule has 1 aliphatic carbocycles. The molecule has 0 aliphatic heterocycles. The largest absolute Gasteiger partial charge is 0.372 e. The highest BCUT2D eigenvalue weighted by Gasteiger charge is 2.21. The summed E-state index contributed by atoms with van der Waals surface area (Å²) >= 11 is 0. The SMILES string of the molecule is Cc1ccc(N(C)C(C)C)c(CNC2CC2)c1. The minimum absolute atomic E-state index is 0.539. The summed E-state index contributed by atoms with van der Waals surface area (Å²) < 4.78 is 0. The van der Waals surface area contributed by atoms with Gasteiger partial charge in [0.1, 0.15) is 0 Å². The molecule has 2 nitrogen and oxygen atoms in total. The van der Waals surface area contributed by atoms with E-state index in [1.807, 2.05) is 0 Å². The fourth-order valence-electron chi connectivity index (χ4n) is 2.02. The smallest absolute Gasteiger partial charge is 0.0411 e. The van der Waals surface area contributed by atoms with E-state index in [2.05, 4.69) is 56.2 Å². The molecule has 0 heterocycles. The zero-order chi connectivity index (χ0) is 12.4. The molecule has 1 aromatic rings. The van der Waals surface area contributed by atoms with Crippen molar-refractivity contribution in [1.82, 2.24) is 5.32 Å². The predicted molar refractivity (Wildman–Crippen MR) is 74.6 cm³/mol. The number of aryl methyl sites for hydroxylation is 1. The number of anilines is 1. The highest BCUT2D eigenvalue weighted by molar-refractivity contribution is 5.55. The molecule has 2 heteroatoms. The number of benzene rings is 1. The first-order chi connectivity index (χ1) is 8.08. The molecule has 0 aromatic heterocycles. The Labute approximate surface area is 105 Å². The summed E-state index contributed by atoms with van der Waals surface area (Å²) in [5.41, 5.74) is 4.13. The summed E-state index contributed by atoms with van der Waals surface area (Å²) in [4.78, 5) is 2.35. The van der Waals surface area contributed by atoms with Crippen molar-refractivity contribution >= 4 is 5.69 Å². The molecule has 17 heavy (non-hydrogen) atoms. The molecule has 1 aromatic carbocycles. The van der Waals surface area contributed by atoms with Gasteiger partial charge in [-0.2, -0.15) is 0 Å². The van der Waals surface area contributed by atoms with Crippen molar-refractivity contribution in [3.63, 3.8) is 0 Å². The van der Waals surface area contributed by atoms with Gasteiger partial charge >= 0.3 is 0 Å². The van der Waals surface area contributed by atoms with Gasteiger partial charge in [0.25, 0.3) is 0 Å².